The van der Waals surface area contributed by atoms with E-state index in [0.29, 0.717) is 23.8 Å². The zero-order chi connectivity index (χ0) is 16.5. The van der Waals surface area contributed by atoms with Crippen LogP contribution in [0.5, 0.6) is 0 Å². The molecule has 0 aliphatic carbocycles. The number of carbonyl (C=O) groups excluding carboxylic acids is 1. The van der Waals surface area contributed by atoms with E-state index in [1.807, 2.05) is 0 Å². The van der Waals surface area contributed by atoms with Gasteiger partial charge >= 0.3 is 5.69 Å². The number of nitrogens with zero attached hydrogens (tertiary/aromatic N) is 1. The van der Waals surface area contributed by atoms with Crippen LogP contribution in [0.1, 0.15) is 23.8 Å². The second kappa shape index (κ2) is 6.26. The van der Waals surface area contributed by atoms with Gasteiger partial charge in [0, 0.05) is 16.6 Å². The molecule has 3 heterocycles. The van der Waals surface area contributed by atoms with Crippen LogP contribution in [0.2, 0.25) is 0 Å². The zero-order valence-corrected chi connectivity index (χ0v) is 13.9. The van der Waals surface area contributed by atoms with Crippen LogP contribution in [-0.4, -0.2) is 33.9 Å². The predicted octanol–water partition coefficient (Wildman–Crippen LogP) is 2.69. The number of rotatable bonds is 4. The van der Waals surface area contributed by atoms with E-state index in [9.17, 15) is 9.59 Å². The van der Waals surface area contributed by atoms with E-state index < -0.39 is 0 Å². The third-order valence-electron chi connectivity index (χ3n) is 4.38. The van der Waals surface area contributed by atoms with Gasteiger partial charge in [-0.3, -0.25) is 9.69 Å². The summed E-state index contributed by atoms with van der Waals surface area (Å²) in [5, 5.41) is 5.01. The smallest absolute Gasteiger partial charge is 0.323 e. The lowest BCUT2D eigenvalue weighted by molar-refractivity contribution is -0.117. The third-order valence-corrected chi connectivity index (χ3v) is 5.36. The molecule has 6 nitrogen and oxygen atoms in total. The average Bonchev–Trinajstić information content (AvgIpc) is 3.25. The summed E-state index contributed by atoms with van der Waals surface area (Å²) in [7, 11) is 0. The van der Waals surface area contributed by atoms with Crippen molar-refractivity contribution < 1.29 is 4.79 Å². The first-order valence-electron chi connectivity index (χ1n) is 7.98. The second-order valence-electron chi connectivity index (χ2n) is 6.03. The standard InChI is InChI=1S/C17H18N4O2S/c22-16(10-21-7-1-3-14(21)15-4-2-8-24-15)18-11-5-6-12-13(9-11)20-17(23)19-12/h2,4-6,8-9,14H,1,3,7,10H2,(H,18,22)(H2,19,20,23)/t14-/m0/s1. The monoisotopic (exact) mass is 342 g/mol. The van der Waals surface area contributed by atoms with Crippen LogP contribution < -0.4 is 11.0 Å². The second-order valence-corrected chi connectivity index (χ2v) is 7.01. The fraction of sp³-hybridized carbons (Fsp3) is 0.294. The molecule has 1 amide bonds. The van der Waals surface area contributed by atoms with E-state index in [-0.39, 0.29) is 11.6 Å². The van der Waals surface area contributed by atoms with Crippen molar-refractivity contribution in [2.75, 3.05) is 18.4 Å². The minimum absolute atomic E-state index is 0.0318. The Hall–Kier alpha value is -2.38. The van der Waals surface area contributed by atoms with E-state index in [2.05, 4.69) is 37.7 Å². The summed E-state index contributed by atoms with van der Waals surface area (Å²) in [6, 6.07) is 9.90. The lowest BCUT2D eigenvalue weighted by atomic mass is 10.2. The first-order valence-corrected chi connectivity index (χ1v) is 8.86. The van der Waals surface area contributed by atoms with E-state index in [1.54, 1.807) is 29.5 Å². The van der Waals surface area contributed by atoms with Gasteiger partial charge < -0.3 is 15.3 Å². The first-order chi connectivity index (χ1) is 11.7. The highest BCUT2D eigenvalue weighted by molar-refractivity contribution is 7.10. The number of aromatic amines is 2. The summed E-state index contributed by atoms with van der Waals surface area (Å²) in [6.07, 6.45) is 2.22. The lowest BCUT2D eigenvalue weighted by Gasteiger charge is -2.22. The average molecular weight is 342 g/mol. The lowest BCUT2D eigenvalue weighted by Crippen LogP contribution is -2.32. The van der Waals surface area contributed by atoms with Gasteiger partial charge in [-0.15, -0.1) is 11.3 Å². The minimum atomic E-state index is -0.246. The molecule has 1 atom stereocenters. The molecule has 24 heavy (non-hydrogen) atoms. The number of hydrogen-bond donors (Lipinski definition) is 3. The van der Waals surface area contributed by atoms with Crippen LogP contribution in [0.4, 0.5) is 5.69 Å². The number of fused-ring (bicyclic) bond motifs is 1. The van der Waals surface area contributed by atoms with Gasteiger partial charge in [0.1, 0.15) is 0 Å². The molecule has 3 aromatic rings. The normalized spacial score (nSPS) is 18.2. The molecular weight excluding hydrogens is 324 g/mol. The Bertz CT molecular complexity index is 912. The SMILES string of the molecule is O=C(CN1CCC[C@H]1c1cccs1)Nc1ccc2[nH]c(=O)[nH]c2c1. The number of H-pyrrole nitrogens is 2. The summed E-state index contributed by atoms with van der Waals surface area (Å²) in [5.74, 6) is -0.0318. The highest BCUT2D eigenvalue weighted by Gasteiger charge is 2.28. The molecule has 124 valence electrons. The molecule has 7 heteroatoms. The maximum atomic E-state index is 12.4. The summed E-state index contributed by atoms with van der Waals surface area (Å²) in [5.41, 5.74) is 1.87. The molecule has 4 rings (SSSR count). The van der Waals surface area contributed by atoms with Gasteiger partial charge in [-0.1, -0.05) is 6.07 Å². The number of likely N-dealkylation sites (tertiary alicyclic amines) is 1. The number of aromatic nitrogens is 2. The van der Waals surface area contributed by atoms with E-state index in [0.717, 1.165) is 24.9 Å². The van der Waals surface area contributed by atoms with Crippen molar-refractivity contribution in [1.82, 2.24) is 14.9 Å². The fourth-order valence-corrected chi connectivity index (χ4v) is 4.21. The van der Waals surface area contributed by atoms with Crippen molar-refractivity contribution in [3.63, 3.8) is 0 Å². The largest absolute Gasteiger partial charge is 0.325 e. The number of anilines is 1. The van der Waals surface area contributed by atoms with Crippen molar-refractivity contribution >= 4 is 34.0 Å². The van der Waals surface area contributed by atoms with Crippen LogP contribution in [0.3, 0.4) is 0 Å². The zero-order valence-electron chi connectivity index (χ0n) is 13.0. The number of thiophene rings is 1. The summed E-state index contributed by atoms with van der Waals surface area (Å²) < 4.78 is 0. The van der Waals surface area contributed by atoms with Crippen molar-refractivity contribution in [1.29, 1.82) is 0 Å². The molecule has 0 bridgehead atoms. The van der Waals surface area contributed by atoms with E-state index >= 15 is 0 Å². The number of hydrogen-bond acceptors (Lipinski definition) is 4. The molecule has 0 unspecified atom stereocenters. The van der Waals surface area contributed by atoms with Crippen molar-refractivity contribution in [3.8, 4) is 0 Å². The Balaban J connectivity index is 1.44. The minimum Gasteiger partial charge on any atom is -0.325 e. The van der Waals surface area contributed by atoms with E-state index in [4.69, 9.17) is 0 Å². The maximum Gasteiger partial charge on any atom is 0.323 e. The topological polar surface area (TPSA) is 81.0 Å². The Morgan fingerprint density at radius 3 is 3.00 bits per heavy atom. The van der Waals surface area contributed by atoms with Gasteiger partial charge in [0.2, 0.25) is 5.91 Å². The Morgan fingerprint density at radius 2 is 2.17 bits per heavy atom. The van der Waals surface area contributed by atoms with Crippen molar-refractivity contribution in [3.05, 3.63) is 51.1 Å². The number of benzene rings is 1. The molecular formula is C17H18N4O2S. The van der Waals surface area contributed by atoms with Gasteiger partial charge in [0.05, 0.1) is 17.6 Å². The summed E-state index contributed by atoms with van der Waals surface area (Å²) >= 11 is 1.75. The Labute approximate surface area is 142 Å². The van der Waals surface area contributed by atoms with Crippen LogP contribution in [-0.2, 0) is 4.79 Å². The summed E-state index contributed by atoms with van der Waals surface area (Å²) in [6.45, 7) is 1.32. The Morgan fingerprint density at radius 1 is 1.29 bits per heavy atom. The van der Waals surface area contributed by atoms with Crippen LogP contribution in [0, 0.1) is 0 Å². The van der Waals surface area contributed by atoms with Gasteiger partial charge in [-0.05, 0) is 49.0 Å². The molecule has 2 aromatic heterocycles. The van der Waals surface area contributed by atoms with Gasteiger partial charge in [0.15, 0.2) is 0 Å². The maximum absolute atomic E-state index is 12.4. The molecule has 1 aromatic carbocycles. The third kappa shape index (κ3) is 3.00. The molecule has 1 saturated heterocycles. The summed E-state index contributed by atoms with van der Waals surface area (Å²) in [4.78, 5) is 32.6. The van der Waals surface area contributed by atoms with Crippen molar-refractivity contribution in [2.24, 2.45) is 0 Å². The first kappa shape index (κ1) is 15.2. The number of nitrogens with one attached hydrogen (secondary N) is 3. The van der Waals surface area contributed by atoms with Crippen LogP contribution in [0.15, 0.2) is 40.5 Å². The van der Waals surface area contributed by atoms with Crippen molar-refractivity contribution in [2.45, 2.75) is 18.9 Å². The van der Waals surface area contributed by atoms with E-state index in [1.165, 1.54) is 4.88 Å². The molecule has 1 aliphatic rings. The highest BCUT2D eigenvalue weighted by Crippen LogP contribution is 2.34. The molecule has 1 fully saturated rings. The molecule has 0 saturated carbocycles. The molecule has 1 aliphatic heterocycles. The fourth-order valence-electron chi connectivity index (χ4n) is 3.31. The molecule has 0 spiro atoms. The van der Waals surface area contributed by atoms with Crippen LogP contribution in [0.25, 0.3) is 11.0 Å². The number of imidazole rings is 1. The molecule has 3 N–H and O–H groups in total. The number of carbonyl (C=O) groups is 1. The Kier molecular flexibility index (Phi) is 3.95. The van der Waals surface area contributed by atoms with Gasteiger partial charge in [-0.25, -0.2) is 4.79 Å². The van der Waals surface area contributed by atoms with Gasteiger partial charge in [-0.2, -0.15) is 0 Å². The van der Waals surface area contributed by atoms with Gasteiger partial charge in [0.25, 0.3) is 0 Å². The molecule has 0 radical (unpaired) electrons. The quantitative estimate of drug-likeness (QED) is 0.682. The number of amides is 1. The predicted molar refractivity (Wildman–Crippen MR) is 95.4 cm³/mol. The van der Waals surface area contributed by atoms with Crippen LogP contribution >= 0.6 is 11.3 Å². The highest BCUT2D eigenvalue weighted by atomic mass is 32.1.